The number of hydrogen-bond acceptors (Lipinski definition) is 4. The average Bonchev–Trinajstić information content (AvgIpc) is 3.22. The minimum atomic E-state index is -1.10. The normalized spacial score (nSPS) is 13.7. The summed E-state index contributed by atoms with van der Waals surface area (Å²) >= 11 is 0. The molecule has 1 amide bonds. The molecule has 57 heavy (non-hydrogen) atoms. The Morgan fingerprint density at radius 1 is 0.456 bits per heavy atom. The van der Waals surface area contributed by atoms with Gasteiger partial charge in [-0.25, -0.2) is 0 Å². The highest BCUT2D eigenvalue weighted by Crippen LogP contribution is 2.17. The van der Waals surface area contributed by atoms with E-state index in [1.165, 1.54) is 199 Å². The maximum atomic E-state index is 12.5. The van der Waals surface area contributed by atoms with Crippen LogP contribution in [0.1, 0.15) is 264 Å². The average molecular weight is 802 g/mol. The van der Waals surface area contributed by atoms with Crippen molar-refractivity contribution in [2.24, 2.45) is 0 Å². The van der Waals surface area contributed by atoms with Crippen molar-refractivity contribution in [1.29, 1.82) is 0 Å². The first-order valence-corrected chi connectivity index (χ1v) is 25.3. The smallest absolute Gasteiger partial charge is 0.249 e. The molecule has 0 saturated heterocycles. The van der Waals surface area contributed by atoms with Crippen molar-refractivity contribution in [1.82, 2.24) is 5.32 Å². The second kappa shape index (κ2) is 47.3. The first kappa shape index (κ1) is 55.6. The lowest BCUT2D eigenvalue weighted by Gasteiger charge is -2.21. The monoisotopic (exact) mass is 802 g/mol. The lowest BCUT2D eigenvalue weighted by molar-refractivity contribution is -0.131. The van der Waals surface area contributed by atoms with E-state index in [1.54, 1.807) is 6.08 Å². The maximum Gasteiger partial charge on any atom is 0.249 e. The Morgan fingerprint density at radius 3 is 1.19 bits per heavy atom. The largest absolute Gasteiger partial charge is 0.394 e. The molecule has 336 valence electrons. The third-order valence-electron chi connectivity index (χ3n) is 11.7. The summed E-state index contributed by atoms with van der Waals surface area (Å²) < 4.78 is 0. The van der Waals surface area contributed by atoms with E-state index >= 15 is 0 Å². The van der Waals surface area contributed by atoms with Crippen LogP contribution in [0.4, 0.5) is 0 Å². The second-order valence-electron chi connectivity index (χ2n) is 17.4. The molecule has 0 aromatic heterocycles. The van der Waals surface area contributed by atoms with Gasteiger partial charge in [-0.1, -0.05) is 256 Å². The fraction of sp³-hybridized carbons (Fsp3) is 0.865. The van der Waals surface area contributed by atoms with Crippen LogP contribution < -0.4 is 5.32 Å². The summed E-state index contributed by atoms with van der Waals surface area (Å²) in [7, 11) is 0. The Morgan fingerprint density at radius 2 is 0.807 bits per heavy atom. The first-order chi connectivity index (χ1) is 28.1. The van der Waals surface area contributed by atoms with Gasteiger partial charge in [-0.15, -0.1) is 0 Å². The summed E-state index contributed by atoms with van der Waals surface area (Å²) in [5.74, 6) is -0.502. The number of aliphatic hydroxyl groups is 3. The molecule has 0 fully saturated rings. The van der Waals surface area contributed by atoms with Gasteiger partial charge in [0.05, 0.1) is 18.8 Å². The van der Waals surface area contributed by atoms with Gasteiger partial charge >= 0.3 is 0 Å². The van der Waals surface area contributed by atoms with Crippen LogP contribution in [0, 0.1) is 0 Å². The highest BCUT2D eigenvalue weighted by Gasteiger charge is 2.22. The molecule has 0 rings (SSSR count). The van der Waals surface area contributed by atoms with Crippen molar-refractivity contribution in [2.45, 2.75) is 283 Å². The molecule has 4 N–H and O–H groups in total. The molecule has 0 aromatic carbocycles. The molecule has 0 heterocycles. The molecule has 0 bridgehead atoms. The summed E-state index contributed by atoms with van der Waals surface area (Å²) in [6.07, 6.45) is 60.6. The predicted molar refractivity (Wildman–Crippen MR) is 250 cm³/mol. The summed E-state index contributed by atoms with van der Waals surface area (Å²) in [4.78, 5) is 12.5. The molecule has 5 heteroatoms. The summed E-state index contributed by atoms with van der Waals surface area (Å²) in [5, 5.41) is 33.3. The zero-order valence-corrected chi connectivity index (χ0v) is 38.2. The van der Waals surface area contributed by atoms with Crippen molar-refractivity contribution in [3.05, 3.63) is 36.5 Å². The molecule has 0 aliphatic rings. The topological polar surface area (TPSA) is 89.8 Å². The van der Waals surface area contributed by atoms with Crippen LogP contribution in [0.25, 0.3) is 0 Å². The van der Waals surface area contributed by atoms with E-state index in [9.17, 15) is 20.1 Å². The van der Waals surface area contributed by atoms with E-state index in [1.807, 2.05) is 6.08 Å². The van der Waals surface area contributed by atoms with Crippen molar-refractivity contribution in [2.75, 3.05) is 6.61 Å². The Kier molecular flexibility index (Phi) is 46.1. The highest BCUT2D eigenvalue weighted by molar-refractivity contribution is 5.80. The number of nitrogens with one attached hydrogen (secondary N) is 1. The third kappa shape index (κ3) is 42.5. The lowest BCUT2D eigenvalue weighted by atomic mass is 10.0. The van der Waals surface area contributed by atoms with E-state index in [2.05, 4.69) is 43.5 Å². The van der Waals surface area contributed by atoms with Gasteiger partial charge in [-0.05, 0) is 44.9 Å². The van der Waals surface area contributed by atoms with Gasteiger partial charge in [0, 0.05) is 0 Å². The molecule has 0 aliphatic carbocycles. The number of hydrogen-bond donors (Lipinski definition) is 4. The van der Waals surface area contributed by atoms with Crippen molar-refractivity contribution < 1.29 is 20.1 Å². The first-order valence-electron chi connectivity index (χ1n) is 25.3. The Bertz CT molecular complexity index is 885. The Labute approximate surface area is 355 Å². The Hall–Kier alpha value is -1.43. The van der Waals surface area contributed by atoms with Crippen LogP contribution in [0.2, 0.25) is 0 Å². The highest BCUT2D eigenvalue weighted by atomic mass is 16.3. The zero-order valence-electron chi connectivity index (χ0n) is 38.2. The molecule has 5 nitrogen and oxygen atoms in total. The fourth-order valence-corrected chi connectivity index (χ4v) is 7.81. The molecule has 0 aromatic rings. The number of amides is 1. The predicted octanol–water partition coefficient (Wildman–Crippen LogP) is 15.1. The van der Waals surface area contributed by atoms with Gasteiger partial charge in [0.25, 0.3) is 0 Å². The molecule has 0 saturated carbocycles. The summed E-state index contributed by atoms with van der Waals surface area (Å²) in [6, 6.07) is -0.798. The quantitative estimate of drug-likeness (QED) is 0.0365. The molecule has 3 atom stereocenters. The standard InChI is InChI=1S/C52H99NO4/c1-3-5-7-9-11-13-15-17-19-21-23-25-26-27-29-30-32-34-36-38-40-42-44-46-50(55)49(48-54)53-52(57)51(56)47-45-43-41-39-37-35-33-31-28-24-22-20-18-16-14-12-10-8-6-4-2/h6,8,12,14,44,46,49-51,54-56H,3-5,7,9-11,13,15-43,45,47-48H2,1-2H3,(H,53,57)/b8-6-,14-12-,46-44+. The van der Waals surface area contributed by atoms with E-state index < -0.39 is 24.2 Å². The van der Waals surface area contributed by atoms with Crippen LogP contribution in [0.5, 0.6) is 0 Å². The second-order valence-corrected chi connectivity index (χ2v) is 17.4. The van der Waals surface area contributed by atoms with Gasteiger partial charge in [0.1, 0.15) is 6.10 Å². The molecule has 0 radical (unpaired) electrons. The molecular formula is C52H99NO4. The van der Waals surface area contributed by atoms with Crippen LogP contribution >= 0.6 is 0 Å². The minimum absolute atomic E-state index is 0.362. The number of unbranched alkanes of at least 4 members (excludes halogenated alkanes) is 34. The van der Waals surface area contributed by atoms with E-state index in [4.69, 9.17) is 0 Å². The van der Waals surface area contributed by atoms with E-state index in [-0.39, 0.29) is 6.61 Å². The van der Waals surface area contributed by atoms with Crippen molar-refractivity contribution in [3.63, 3.8) is 0 Å². The molecular weight excluding hydrogens is 703 g/mol. The lowest BCUT2D eigenvalue weighted by Crippen LogP contribution is -2.48. The molecule has 0 spiro atoms. The van der Waals surface area contributed by atoms with Crippen LogP contribution in [-0.2, 0) is 4.79 Å². The van der Waals surface area contributed by atoms with Gasteiger partial charge in [0.15, 0.2) is 0 Å². The van der Waals surface area contributed by atoms with E-state index in [0.29, 0.717) is 6.42 Å². The van der Waals surface area contributed by atoms with Crippen LogP contribution in [0.15, 0.2) is 36.5 Å². The minimum Gasteiger partial charge on any atom is -0.394 e. The number of rotatable bonds is 46. The van der Waals surface area contributed by atoms with Gasteiger partial charge < -0.3 is 20.6 Å². The SMILES string of the molecule is CC/C=C\C/C=C\CCCCCCCCCCCCCCCC(O)C(=O)NC(CO)C(O)/C=C/CCCCCCCCCCCCCCCCCCCCCCC. The third-order valence-corrected chi connectivity index (χ3v) is 11.7. The van der Waals surface area contributed by atoms with Crippen LogP contribution in [0.3, 0.4) is 0 Å². The molecule has 0 aliphatic heterocycles. The fourth-order valence-electron chi connectivity index (χ4n) is 7.81. The molecule has 3 unspecified atom stereocenters. The van der Waals surface area contributed by atoms with Gasteiger partial charge in [0.2, 0.25) is 5.91 Å². The summed E-state index contributed by atoms with van der Waals surface area (Å²) in [6.45, 7) is 4.10. The summed E-state index contributed by atoms with van der Waals surface area (Å²) in [5.41, 5.74) is 0. The maximum absolute atomic E-state index is 12.5. The van der Waals surface area contributed by atoms with Gasteiger partial charge in [-0.3, -0.25) is 4.79 Å². The number of carbonyl (C=O) groups is 1. The van der Waals surface area contributed by atoms with Crippen molar-refractivity contribution in [3.8, 4) is 0 Å². The number of carbonyl (C=O) groups excluding carboxylic acids is 1. The zero-order chi connectivity index (χ0) is 41.5. The Balaban J connectivity index is 3.60. The van der Waals surface area contributed by atoms with Crippen molar-refractivity contribution >= 4 is 5.91 Å². The van der Waals surface area contributed by atoms with Crippen LogP contribution in [-0.4, -0.2) is 46.1 Å². The van der Waals surface area contributed by atoms with E-state index in [0.717, 1.165) is 44.9 Å². The number of aliphatic hydroxyl groups excluding tert-OH is 3. The number of allylic oxidation sites excluding steroid dienone is 5. The van der Waals surface area contributed by atoms with Gasteiger partial charge in [-0.2, -0.15) is 0 Å².